The van der Waals surface area contributed by atoms with Gasteiger partial charge in [0.1, 0.15) is 6.04 Å². The number of rotatable bonds is 8. The maximum atomic E-state index is 12.1. The Hall–Kier alpha value is -0.610. The second kappa shape index (κ2) is 10.2. The fourth-order valence-electron chi connectivity index (χ4n) is 2.63. The maximum absolute atomic E-state index is 12.1. The van der Waals surface area contributed by atoms with Crippen molar-refractivity contribution in [1.82, 2.24) is 10.2 Å². The van der Waals surface area contributed by atoms with Gasteiger partial charge in [-0.1, -0.05) is 32.6 Å². The summed E-state index contributed by atoms with van der Waals surface area (Å²) in [5, 5.41) is 3.39. The van der Waals surface area contributed by atoms with E-state index in [2.05, 4.69) is 17.1 Å². The van der Waals surface area contributed by atoms with E-state index in [9.17, 15) is 4.79 Å². The van der Waals surface area contributed by atoms with Crippen molar-refractivity contribution in [3.63, 3.8) is 0 Å². The molecule has 0 saturated carbocycles. The Morgan fingerprint density at radius 2 is 2.05 bits per heavy atom. The number of esters is 1. The molecule has 0 amide bonds. The number of unbranched alkanes of at least 4 members (excludes halogenated alkanes) is 3. The van der Waals surface area contributed by atoms with E-state index >= 15 is 0 Å². The highest BCUT2D eigenvalue weighted by Crippen LogP contribution is 2.14. The maximum Gasteiger partial charge on any atom is 0.323 e. The highest BCUT2D eigenvalue weighted by atomic mass is 16.5. The highest BCUT2D eigenvalue weighted by molar-refractivity contribution is 5.75. The molecule has 19 heavy (non-hydrogen) atoms. The number of nitrogens with zero attached hydrogens (tertiary/aromatic N) is 1. The van der Waals surface area contributed by atoms with Crippen molar-refractivity contribution in [2.45, 2.75) is 58.4 Å². The van der Waals surface area contributed by atoms with E-state index in [1.54, 1.807) is 0 Å². The molecule has 0 radical (unpaired) electrons. The molecule has 1 rings (SSSR count). The number of ether oxygens (including phenoxy) is 1. The summed E-state index contributed by atoms with van der Waals surface area (Å²) in [4.78, 5) is 14.4. The van der Waals surface area contributed by atoms with Gasteiger partial charge in [0.25, 0.3) is 0 Å². The van der Waals surface area contributed by atoms with Crippen molar-refractivity contribution >= 4 is 5.97 Å². The van der Waals surface area contributed by atoms with Gasteiger partial charge in [0.05, 0.1) is 6.61 Å². The molecule has 0 aromatic carbocycles. The van der Waals surface area contributed by atoms with Crippen molar-refractivity contribution in [2.75, 3.05) is 32.8 Å². The average Bonchev–Trinajstić information content (AvgIpc) is 2.68. The molecule has 1 N–H and O–H groups in total. The van der Waals surface area contributed by atoms with Crippen LogP contribution in [0.2, 0.25) is 0 Å². The number of hydrogen-bond donors (Lipinski definition) is 1. The second-order valence-corrected chi connectivity index (χ2v) is 5.26. The molecule has 1 aliphatic rings. The lowest BCUT2D eigenvalue weighted by Crippen LogP contribution is -2.44. The van der Waals surface area contributed by atoms with E-state index in [1.807, 2.05) is 6.92 Å². The smallest absolute Gasteiger partial charge is 0.323 e. The Morgan fingerprint density at radius 3 is 2.79 bits per heavy atom. The lowest BCUT2D eigenvalue weighted by atomic mass is 10.1. The van der Waals surface area contributed by atoms with Crippen LogP contribution in [0, 0.1) is 0 Å². The molecular formula is C15H30N2O2. The fourth-order valence-corrected chi connectivity index (χ4v) is 2.63. The third-order valence-corrected chi connectivity index (χ3v) is 3.71. The van der Waals surface area contributed by atoms with E-state index in [1.165, 1.54) is 19.3 Å². The predicted octanol–water partition coefficient (Wildman–Crippen LogP) is 2.18. The Labute approximate surface area is 117 Å². The molecule has 0 aromatic heterocycles. The van der Waals surface area contributed by atoms with Gasteiger partial charge in [-0.3, -0.25) is 9.69 Å². The molecule has 0 aliphatic carbocycles. The van der Waals surface area contributed by atoms with Crippen molar-refractivity contribution in [3.05, 3.63) is 0 Å². The number of nitrogens with one attached hydrogen (secondary N) is 1. The standard InChI is InChI=1S/C15H30N2O2/c1-3-5-6-7-9-14(15(18)19-4-2)17-12-8-10-16-11-13-17/h14,16H,3-13H2,1-2H3. The summed E-state index contributed by atoms with van der Waals surface area (Å²) in [5.41, 5.74) is 0. The van der Waals surface area contributed by atoms with Crippen LogP contribution in [0.1, 0.15) is 52.4 Å². The van der Waals surface area contributed by atoms with E-state index in [4.69, 9.17) is 4.74 Å². The molecule has 1 atom stereocenters. The van der Waals surface area contributed by atoms with Crippen LogP contribution in [-0.2, 0) is 9.53 Å². The first-order valence-electron chi connectivity index (χ1n) is 7.91. The summed E-state index contributed by atoms with van der Waals surface area (Å²) in [6, 6.07) is -0.0308. The molecule has 1 aliphatic heterocycles. The molecule has 0 spiro atoms. The van der Waals surface area contributed by atoms with E-state index in [-0.39, 0.29) is 12.0 Å². The summed E-state index contributed by atoms with van der Waals surface area (Å²) in [6.07, 6.45) is 6.90. The minimum absolute atomic E-state index is 0.0269. The SMILES string of the molecule is CCCCCCC(C(=O)OCC)N1CCCNCC1. The third kappa shape index (κ3) is 6.39. The quantitative estimate of drug-likeness (QED) is 0.542. The van der Waals surface area contributed by atoms with Gasteiger partial charge in [-0.2, -0.15) is 0 Å². The van der Waals surface area contributed by atoms with Crippen LogP contribution in [0.4, 0.5) is 0 Å². The minimum Gasteiger partial charge on any atom is -0.465 e. The molecule has 1 saturated heterocycles. The summed E-state index contributed by atoms with van der Waals surface area (Å²) in [5.74, 6) is -0.0269. The third-order valence-electron chi connectivity index (χ3n) is 3.71. The molecule has 4 nitrogen and oxygen atoms in total. The zero-order chi connectivity index (χ0) is 13.9. The Morgan fingerprint density at radius 1 is 1.21 bits per heavy atom. The molecule has 1 fully saturated rings. The minimum atomic E-state index is -0.0308. The highest BCUT2D eigenvalue weighted by Gasteiger charge is 2.26. The lowest BCUT2D eigenvalue weighted by Gasteiger charge is -2.28. The van der Waals surface area contributed by atoms with E-state index < -0.39 is 0 Å². The Kier molecular flexibility index (Phi) is 8.84. The fraction of sp³-hybridized carbons (Fsp3) is 0.933. The summed E-state index contributed by atoms with van der Waals surface area (Å²) >= 11 is 0. The average molecular weight is 270 g/mol. The van der Waals surface area contributed by atoms with Crippen molar-refractivity contribution in [3.8, 4) is 0 Å². The zero-order valence-electron chi connectivity index (χ0n) is 12.6. The van der Waals surface area contributed by atoms with E-state index in [0.717, 1.165) is 45.4 Å². The van der Waals surface area contributed by atoms with Crippen LogP contribution in [0.5, 0.6) is 0 Å². The molecule has 112 valence electrons. The lowest BCUT2D eigenvalue weighted by molar-refractivity contribution is -0.149. The van der Waals surface area contributed by atoms with Crippen LogP contribution >= 0.6 is 0 Å². The van der Waals surface area contributed by atoms with Gasteiger partial charge in [-0.15, -0.1) is 0 Å². The van der Waals surface area contributed by atoms with Crippen LogP contribution in [-0.4, -0.2) is 49.7 Å². The van der Waals surface area contributed by atoms with Crippen molar-refractivity contribution in [2.24, 2.45) is 0 Å². The molecule has 0 bridgehead atoms. The number of hydrogen-bond acceptors (Lipinski definition) is 4. The molecule has 4 heteroatoms. The Bertz CT molecular complexity index is 238. The Balaban J connectivity index is 2.48. The second-order valence-electron chi connectivity index (χ2n) is 5.26. The van der Waals surface area contributed by atoms with Crippen LogP contribution in [0.3, 0.4) is 0 Å². The van der Waals surface area contributed by atoms with Crippen molar-refractivity contribution in [1.29, 1.82) is 0 Å². The van der Waals surface area contributed by atoms with Gasteiger partial charge in [-0.05, 0) is 26.3 Å². The first kappa shape index (κ1) is 16.4. The monoisotopic (exact) mass is 270 g/mol. The normalized spacial score (nSPS) is 18.8. The predicted molar refractivity (Wildman–Crippen MR) is 78.2 cm³/mol. The summed E-state index contributed by atoms with van der Waals surface area (Å²) in [7, 11) is 0. The van der Waals surface area contributed by atoms with Crippen LogP contribution in [0.25, 0.3) is 0 Å². The largest absolute Gasteiger partial charge is 0.465 e. The van der Waals surface area contributed by atoms with Gasteiger partial charge in [0.2, 0.25) is 0 Å². The van der Waals surface area contributed by atoms with Crippen LogP contribution < -0.4 is 5.32 Å². The topological polar surface area (TPSA) is 41.6 Å². The molecule has 1 unspecified atom stereocenters. The van der Waals surface area contributed by atoms with Gasteiger partial charge >= 0.3 is 5.97 Å². The summed E-state index contributed by atoms with van der Waals surface area (Å²) in [6.45, 7) is 8.57. The van der Waals surface area contributed by atoms with Crippen molar-refractivity contribution < 1.29 is 9.53 Å². The molecule has 0 aromatic rings. The van der Waals surface area contributed by atoms with Crippen LogP contribution in [0.15, 0.2) is 0 Å². The first-order chi connectivity index (χ1) is 9.29. The number of carbonyl (C=O) groups excluding carboxylic acids is 1. The molecule has 1 heterocycles. The van der Waals surface area contributed by atoms with Gasteiger partial charge in [0, 0.05) is 19.6 Å². The number of carbonyl (C=O) groups is 1. The van der Waals surface area contributed by atoms with Gasteiger partial charge < -0.3 is 10.1 Å². The first-order valence-corrected chi connectivity index (χ1v) is 7.91. The molecular weight excluding hydrogens is 240 g/mol. The van der Waals surface area contributed by atoms with Gasteiger partial charge in [0.15, 0.2) is 0 Å². The van der Waals surface area contributed by atoms with E-state index in [0.29, 0.717) is 6.61 Å². The summed E-state index contributed by atoms with van der Waals surface area (Å²) < 4.78 is 5.25. The zero-order valence-corrected chi connectivity index (χ0v) is 12.6. The van der Waals surface area contributed by atoms with Gasteiger partial charge in [-0.25, -0.2) is 0 Å².